The van der Waals surface area contributed by atoms with Gasteiger partial charge in [0.2, 0.25) is 0 Å². The molecule has 0 fully saturated rings. The topological polar surface area (TPSA) is 43.1 Å². The zero-order valence-electron chi connectivity index (χ0n) is 5.02. The Bertz CT molecular complexity index is 262. The first-order valence-electron chi connectivity index (χ1n) is 2.64. The molecule has 2 radical (unpaired) electrons. The second-order valence-corrected chi connectivity index (χ2v) is 3.62. The summed E-state index contributed by atoms with van der Waals surface area (Å²) in [6, 6.07) is 6.78. The molecule has 0 bridgehead atoms. The molecule has 1 aromatic carbocycles. The molecule has 0 aliphatic heterocycles. The number of rotatable bonds is 1. The fraction of sp³-hybridized carbons (Fsp3) is 0. The average molecular weight is 331 g/mol. The third-order valence-corrected chi connectivity index (χ3v) is 2.55. The molecule has 1 rings (SSSR count). The van der Waals surface area contributed by atoms with E-state index in [1.807, 2.05) is 6.07 Å². The van der Waals surface area contributed by atoms with Gasteiger partial charge in [-0.2, -0.15) is 0 Å². The van der Waals surface area contributed by atoms with Crippen LogP contribution in [0.5, 0.6) is 0 Å². The van der Waals surface area contributed by atoms with E-state index in [0.29, 0.717) is 0 Å². The van der Waals surface area contributed by atoms with Crippen molar-refractivity contribution >= 4 is 33.7 Å². The second kappa shape index (κ2) is 3.06. The van der Waals surface area contributed by atoms with Crippen molar-refractivity contribution in [2.45, 2.75) is 0 Å². The van der Waals surface area contributed by atoms with Crippen molar-refractivity contribution in [3.63, 3.8) is 0 Å². The van der Waals surface area contributed by atoms with Crippen LogP contribution in [0.15, 0.2) is 24.3 Å². The van der Waals surface area contributed by atoms with Crippen molar-refractivity contribution in [1.29, 1.82) is 0 Å². The van der Waals surface area contributed by atoms with Crippen molar-refractivity contribution < 1.29 is 4.92 Å². The van der Waals surface area contributed by atoms with Crippen LogP contribution in [0.4, 0.5) is 5.69 Å². The van der Waals surface area contributed by atoms with Gasteiger partial charge < -0.3 is 0 Å². The maximum absolute atomic E-state index is 10.2. The Morgan fingerprint density at radius 3 is 2.40 bits per heavy atom. The van der Waals surface area contributed by atoms with E-state index in [1.165, 1.54) is 6.07 Å². The van der Waals surface area contributed by atoms with Crippen LogP contribution < -0.4 is 3.27 Å². The van der Waals surface area contributed by atoms with Crippen LogP contribution in [0.2, 0.25) is 0 Å². The van der Waals surface area contributed by atoms with Gasteiger partial charge in [0.1, 0.15) is 0 Å². The molecule has 0 spiro atoms. The Balaban J connectivity index is 3.15. The van der Waals surface area contributed by atoms with Gasteiger partial charge in [-0.1, -0.05) is 0 Å². The van der Waals surface area contributed by atoms with Gasteiger partial charge in [0, 0.05) is 0 Å². The first-order valence-corrected chi connectivity index (χ1v) is 4.38. The van der Waals surface area contributed by atoms with E-state index in [-0.39, 0.29) is 10.6 Å². The molecule has 0 aromatic heterocycles. The molecule has 0 aliphatic rings. The molecule has 0 atom stereocenters. The van der Waals surface area contributed by atoms with Crippen molar-refractivity contribution in [3.05, 3.63) is 34.4 Å². The zero-order chi connectivity index (χ0) is 7.56. The normalized spacial score (nSPS) is 9.30. The first-order chi connectivity index (χ1) is 4.72. The summed E-state index contributed by atoms with van der Waals surface area (Å²) in [6.45, 7) is 0. The second-order valence-electron chi connectivity index (χ2n) is 1.75. The summed E-state index contributed by atoms with van der Waals surface area (Å²) in [7, 11) is 0. The summed E-state index contributed by atoms with van der Waals surface area (Å²) >= 11 is 0.929. The molecule has 0 saturated carbocycles. The monoisotopic (exact) mass is 331 g/mol. The van der Waals surface area contributed by atoms with E-state index in [2.05, 4.69) is 0 Å². The van der Waals surface area contributed by atoms with Gasteiger partial charge in [-0.3, -0.25) is 0 Å². The standard InChI is InChI=1S/C6H4NO2.Bi/c8-7(9)6-4-2-1-3-5-6;/h1-4H;. The maximum atomic E-state index is 10.2. The van der Waals surface area contributed by atoms with Crippen LogP contribution in [-0.2, 0) is 0 Å². The summed E-state index contributed by atoms with van der Waals surface area (Å²) in [5.41, 5.74) is 0.232. The molecule has 0 N–H and O–H groups in total. The number of nitro benzene ring substituents is 1. The van der Waals surface area contributed by atoms with Gasteiger partial charge in [0.15, 0.2) is 0 Å². The summed E-state index contributed by atoms with van der Waals surface area (Å²) in [4.78, 5) is 9.89. The SMILES string of the molecule is O=[N+]([O-])c1cccc[c]1[Bi]. The van der Waals surface area contributed by atoms with Gasteiger partial charge in [0.05, 0.1) is 0 Å². The number of nitro groups is 1. The average Bonchev–Trinajstić information content (AvgIpc) is 1.88. The van der Waals surface area contributed by atoms with Crippen molar-refractivity contribution in [3.8, 4) is 0 Å². The third kappa shape index (κ3) is 1.51. The van der Waals surface area contributed by atoms with Gasteiger partial charge >= 0.3 is 73.0 Å². The predicted molar refractivity (Wildman–Crippen MR) is 38.5 cm³/mol. The van der Waals surface area contributed by atoms with Gasteiger partial charge in [-0.15, -0.1) is 0 Å². The van der Waals surface area contributed by atoms with Gasteiger partial charge in [-0.25, -0.2) is 0 Å². The molecule has 0 aliphatic carbocycles. The molecule has 0 heterocycles. The molecule has 1 aromatic rings. The Morgan fingerprint density at radius 2 is 2.00 bits per heavy atom. The molecule has 0 unspecified atom stereocenters. The summed E-state index contributed by atoms with van der Waals surface area (Å²) in [5.74, 6) is 0. The molecule has 0 saturated heterocycles. The van der Waals surface area contributed by atoms with Gasteiger partial charge in [-0.05, 0) is 0 Å². The zero-order valence-corrected chi connectivity index (χ0v) is 8.50. The minimum absolute atomic E-state index is 0.232. The molecular formula is C6H4BiNO2. The van der Waals surface area contributed by atoms with E-state index in [0.717, 1.165) is 28.0 Å². The summed E-state index contributed by atoms with van der Waals surface area (Å²) in [5, 5.41) is 10.2. The van der Waals surface area contributed by atoms with E-state index in [9.17, 15) is 10.1 Å². The van der Waals surface area contributed by atoms with Crippen LogP contribution in [-0.4, -0.2) is 29.6 Å². The number of benzene rings is 1. The van der Waals surface area contributed by atoms with E-state index >= 15 is 0 Å². The quantitative estimate of drug-likeness (QED) is 0.425. The van der Waals surface area contributed by atoms with E-state index in [1.54, 1.807) is 12.1 Å². The number of para-hydroxylation sites is 1. The predicted octanol–water partition coefficient (Wildman–Crippen LogP) is 0.389. The minimum atomic E-state index is -0.352. The summed E-state index contributed by atoms with van der Waals surface area (Å²) in [6.07, 6.45) is 0. The Kier molecular flexibility index (Phi) is 2.33. The fourth-order valence-electron chi connectivity index (χ4n) is 0.619. The van der Waals surface area contributed by atoms with Gasteiger partial charge in [0.25, 0.3) is 0 Å². The Hall–Kier alpha value is -0.497. The van der Waals surface area contributed by atoms with Crippen LogP contribution in [0.1, 0.15) is 0 Å². The first kappa shape index (κ1) is 7.61. The number of hydrogen-bond donors (Lipinski definition) is 0. The van der Waals surface area contributed by atoms with Crippen LogP contribution >= 0.6 is 0 Å². The number of nitrogens with zero attached hydrogens (tertiary/aromatic N) is 1. The van der Waals surface area contributed by atoms with Crippen molar-refractivity contribution in [2.24, 2.45) is 0 Å². The molecular weight excluding hydrogens is 327 g/mol. The molecule has 50 valence electrons. The molecule has 10 heavy (non-hydrogen) atoms. The molecule has 3 nitrogen and oxygen atoms in total. The fourth-order valence-corrected chi connectivity index (χ4v) is 1.56. The molecule has 0 amide bonds. The molecule has 4 heteroatoms. The van der Waals surface area contributed by atoms with Crippen molar-refractivity contribution in [1.82, 2.24) is 0 Å². The van der Waals surface area contributed by atoms with Crippen LogP contribution in [0.25, 0.3) is 0 Å². The van der Waals surface area contributed by atoms with Crippen LogP contribution in [0, 0.1) is 10.1 Å². The van der Waals surface area contributed by atoms with E-state index < -0.39 is 0 Å². The van der Waals surface area contributed by atoms with E-state index in [4.69, 9.17) is 0 Å². The van der Waals surface area contributed by atoms with Crippen LogP contribution in [0.3, 0.4) is 0 Å². The number of hydrogen-bond acceptors (Lipinski definition) is 2. The summed E-state index contributed by atoms with van der Waals surface area (Å²) < 4.78 is 0.813. The third-order valence-electron chi connectivity index (χ3n) is 1.08. The Morgan fingerprint density at radius 1 is 1.40 bits per heavy atom. The Labute approximate surface area is 73.1 Å². The van der Waals surface area contributed by atoms with Crippen molar-refractivity contribution in [2.75, 3.05) is 0 Å².